The van der Waals surface area contributed by atoms with Gasteiger partial charge < -0.3 is 4.74 Å². The summed E-state index contributed by atoms with van der Waals surface area (Å²) in [4.78, 5) is 32.6. The van der Waals surface area contributed by atoms with E-state index in [2.05, 4.69) is 4.98 Å². The molecule has 3 aromatic rings. The van der Waals surface area contributed by atoms with Crippen LogP contribution in [0.5, 0.6) is 11.6 Å². The number of halogens is 1. The van der Waals surface area contributed by atoms with E-state index in [1.807, 2.05) is 6.92 Å². The summed E-state index contributed by atoms with van der Waals surface area (Å²) in [5.74, 6) is -0.0959. The van der Waals surface area contributed by atoms with Crippen LogP contribution in [-0.2, 0) is 14.6 Å². The number of aromatic nitrogens is 2. The Balaban J connectivity index is 1.58. The Morgan fingerprint density at radius 1 is 1.26 bits per heavy atom. The molecule has 12 heteroatoms. The summed E-state index contributed by atoms with van der Waals surface area (Å²) in [6.45, 7) is 1.83. The first-order valence-electron chi connectivity index (χ1n) is 10.6. The first-order valence-corrected chi connectivity index (χ1v) is 14.0. The average Bonchev–Trinajstić information content (AvgIpc) is 3.30. The molecule has 0 N–H and O–H groups in total. The molecule has 4 heterocycles. The van der Waals surface area contributed by atoms with Gasteiger partial charge in [0.25, 0.3) is 11.5 Å². The first kappa shape index (κ1) is 24.0. The highest BCUT2D eigenvalue weighted by Crippen LogP contribution is 2.37. The lowest BCUT2D eigenvalue weighted by molar-refractivity contribution is -0.123. The van der Waals surface area contributed by atoms with Crippen molar-refractivity contribution in [2.45, 2.75) is 19.4 Å². The highest BCUT2D eigenvalue weighted by atomic mass is 35.5. The number of benzene rings is 1. The number of amides is 1. The number of thiocarbonyl (C=S) groups is 1. The maximum Gasteiger partial charge on any atom is 0.269 e. The SMILES string of the molecule is Cc1cc(Oc2nc3ccccn3c(=O)c2/C=C2/SC(=S)N(C3CCS(=O)(=O)C3)C2=O)ccc1Cl. The molecular formula is C23H18ClN3O5S3. The van der Waals surface area contributed by atoms with Crippen molar-refractivity contribution in [3.8, 4) is 11.6 Å². The quantitative estimate of drug-likeness (QED) is 0.359. The molecule has 0 spiro atoms. The lowest BCUT2D eigenvalue weighted by Crippen LogP contribution is -2.39. The molecule has 1 atom stereocenters. The van der Waals surface area contributed by atoms with Crippen molar-refractivity contribution >= 4 is 67.4 Å². The fraction of sp³-hybridized carbons (Fsp3) is 0.217. The van der Waals surface area contributed by atoms with E-state index in [0.717, 1.165) is 17.3 Å². The summed E-state index contributed by atoms with van der Waals surface area (Å²) in [6, 6.07) is 9.67. The maximum absolute atomic E-state index is 13.4. The maximum atomic E-state index is 13.4. The van der Waals surface area contributed by atoms with Gasteiger partial charge in [0, 0.05) is 11.2 Å². The zero-order valence-corrected chi connectivity index (χ0v) is 21.5. The molecule has 180 valence electrons. The van der Waals surface area contributed by atoms with Crippen LogP contribution < -0.4 is 10.3 Å². The fourth-order valence-corrected chi connectivity index (χ4v) is 7.18. The molecule has 0 aliphatic carbocycles. The Morgan fingerprint density at radius 3 is 2.77 bits per heavy atom. The molecule has 1 amide bonds. The molecule has 0 saturated carbocycles. The van der Waals surface area contributed by atoms with E-state index in [1.165, 1.54) is 15.4 Å². The fourth-order valence-electron chi connectivity index (χ4n) is 3.98. The summed E-state index contributed by atoms with van der Waals surface area (Å²) in [5.41, 5.74) is 0.806. The van der Waals surface area contributed by atoms with E-state index in [-0.39, 0.29) is 32.2 Å². The van der Waals surface area contributed by atoms with Gasteiger partial charge in [-0.25, -0.2) is 8.42 Å². The highest BCUT2D eigenvalue weighted by Gasteiger charge is 2.42. The first-order chi connectivity index (χ1) is 16.6. The topological polar surface area (TPSA) is 98.1 Å². The number of rotatable bonds is 4. The number of aryl methyl sites for hydroxylation is 1. The third kappa shape index (κ3) is 4.61. The van der Waals surface area contributed by atoms with Gasteiger partial charge in [-0.1, -0.05) is 41.6 Å². The molecule has 1 aromatic carbocycles. The largest absolute Gasteiger partial charge is 0.438 e. The zero-order valence-electron chi connectivity index (χ0n) is 18.3. The average molecular weight is 548 g/mol. The Morgan fingerprint density at radius 2 is 2.06 bits per heavy atom. The molecule has 1 unspecified atom stereocenters. The molecule has 5 rings (SSSR count). The summed E-state index contributed by atoms with van der Waals surface area (Å²) in [5, 5.41) is 0.571. The third-order valence-electron chi connectivity index (χ3n) is 5.75. The number of ether oxygens (including phenoxy) is 1. The Labute approximate surface area is 215 Å². The third-order valence-corrected chi connectivity index (χ3v) is 9.26. The van der Waals surface area contributed by atoms with Gasteiger partial charge in [-0.3, -0.25) is 18.9 Å². The van der Waals surface area contributed by atoms with Gasteiger partial charge in [0.2, 0.25) is 5.88 Å². The molecule has 0 radical (unpaired) electrons. The zero-order chi connectivity index (χ0) is 24.9. The number of hydrogen-bond acceptors (Lipinski definition) is 8. The number of nitrogens with zero attached hydrogens (tertiary/aromatic N) is 3. The standard InChI is InChI=1S/C23H18ClN3O5S3/c1-13-10-15(5-6-17(13)24)32-20-16(21(28)26-8-3-2-4-19(26)25-20)11-18-22(29)27(23(33)34-18)14-7-9-35(30,31)12-14/h2-6,8,10-11,14H,7,9,12H2,1H3/b18-11+. The van der Waals surface area contributed by atoms with Crippen LogP contribution in [0.15, 0.2) is 52.3 Å². The van der Waals surface area contributed by atoms with Crippen LogP contribution in [0.3, 0.4) is 0 Å². The number of fused-ring (bicyclic) bond motifs is 1. The highest BCUT2D eigenvalue weighted by molar-refractivity contribution is 8.26. The predicted molar refractivity (Wildman–Crippen MR) is 140 cm³/mol. The Bertz CT molecular complexity index is 1600. The van der Waals surface area contributed by atoms with Crippen LogP contribution in [0.4, 0.5) is 0 Å². The minimum absolute atomic E-state index is 0.0161. The van der Waals surface area contributed by atoms with E-state index in [9.17, 15) is 18.0 Å². The molecule has 2 aliphatic rings. The van der Waals surface area contributed by atoms with Crippen LogP contribution in [0.1, 0.15) is 17.5 Å². The number of carbonyl (C=O) groups excluding carboxylic acids is 1. The molecule has 2 fully saturated rings. The van der Waals surface area contributed by atoms with E-state index in [1.54, 1.807) is 42.6 Å². The minimum atomic E-state index is -3.21. The van der Waals surface area contributed by atoms with Crippen molar-refractivity contribution in [1.82, 2.24) is 14.3 Å². The van der Waals surface area contributed by atoms with Crippen molar-refractivity contribution < 1.29 is 17.9 Å². The summed E-state index contributed by atoms with van der Waals surface area (Å²) in [7, 11) is -3.21. The Hall–Kier alpha value is -2.73. The second-order valence-electron chi connectivity index (χ2n) is 8.19. The lowest BCUT2D eigenvalue weighted by Gasteiger charge is -2.20. The van der Waals surface area contributed by atoms with E-state index in [0.29, 0.717) is 22.8 Å². The van der Waals surface area contributed by atoms with Gasteiger partial charge in [0.15, 0.2) is 9.84 Å². The number of pyridine rings is 1. The van der Waals surface area contributed by atoms with Crippen LogP contribution in [0, 0.1) is 6.92 Å². The summed E-state index contributed by atoms with van der Waals surface area (Å²) in [6.07, 6.45) is 3.31. The second-order valence-corrected chi connectivity index (χ2v) is 12.5. The smallest absolute Gasteiger partial charge is 0.269 e. The van der Waals surface area contributed by atoms with Crippen LogP contribution in [0.2, 0.25) is 5.02 Å². The van der Waals surface area contributed by atoms with Gasteiger partial charge >= 0.3 is 0 Å². The molecule has 35 heavy (non-hydrogen) atoms. The van der Waals surface area contributed by atoms with Crippen molar-refractivity contribution in [3.63, 3.8) is 0 Å². The van der Waals surface area contributed by atoms with Crippen molar-refractivity contribution in [1.29, 1.82) is 0 Å². The lowest BCUT2D eigenvalue weighted by atomic mass is 10.2. The van der Waals surface area contributed by atoms with Gasteiger partial charge in [-0.2, -0.15) is 4.98 Å². The monoisotopic (exact) mass is 547 g/mol. The number of sulfone groups is 1. The van der Waals surface area contributed by atoms with Crippen molar-refractivity contribution in [3.05, 3.63) is 74.0 Å². The molecule has 2 saturated heterocycles. The van der Waals surface area contributed by atoms with Gasteiger partial charge in [-0.15, -0.1) is 0 Å². The van der Waals surface area contributed by atoms with Crippen LogP contribution in [-0.4, -0.2) is 50.5 Å². The number of thioether (sulfide) groups is 1. The van der Waals surface area contributed by atoms with Crippen LogP contribution in [0.25, 0.3) is 11.7 Å². The normalized spacial score (nSPS) is 20.8. The molecule has 0 bridgehead atoms. The van der Waals surface area contributed by atoms with Gasteiger partial charge in [0.1, 0.15) is 21.3 Å². The number of carbonyl (C=O) groups is 1. The van der Waals surface area contributed by atoms with E-state index >= 15 is 0 Å². The van der Waals surface area contributed by atoms with Crippen molar-refractivity contribution in [2.75, 3.05) is 11.5 Å². The Kier molecular flexibility index (Phi) is 6.20. The summed E-state index contributed by atoms with van der Waals surface area (Å²) < 4.78 is 31.5. The molecule has 2 aliphatic heterocycles. The van der Waals surface area contributed by atoms with Crippen LogP contribution >= 0.6 is 35.6 Å². The van der Waals surface area contributed by atoms with Gasteiger partial charge in [0.05, 0.1) is 22.5 Å². The van der Waals surface area contributed by atoms with Gasteiger partial charge in [-0.05, 0) is 55.3 Å². The van der Waals surface area contributed by atoms with Crippen molar-refractivity contribution in [2.24, 2.45) is 0 Å². The summed E-state index contributed by atoms with van der Waals surface area (Å²) >= 11 is 12.5. The second kappa shape index (κ2) is 9.05. The minimum Gasteiger partial charge on any atom is -0.438 e. The van der Waals surface area contributed by atoms with E-state index in [4.69, 9.17) is 28.6 Å². The predicted octanol–water partition coefficient (Wildman–Crippen LogP) is 3.84. The molecular weight excluding hydrogens is 530 g/mol. The van der Waals surface area contributed by atoms with E-state index < -0.39 is 27.3 Å². The molecule has 8 nitrogen and oxygen atoms in total. The molecule has 2 aromatic heterocycles. The number of hydrogen-bond donors (Lipinski definition) is 0.